The minimum absolute atomic E-state index is 0.117. The topological polar surface area (TPSA) is 250 Å². The molecular weight excluding hydrogens is 1460 g/mol. The summed E-state index contributed by atoms with van der Waals surface area (Å²) in [6.45, 7) is 10.8. The number of fused-ring (bicyclic) bond motifs is 8. The van der Waals surface area contributed by atoms with Crippen molar-refractivity contribution in [3.8, 4) is 0 Å². The molecule has 8 aromatic rings. The maximum absolute atomic E-state index is 13.2. The molecule has 0 saturated carbocycles. The van der Waals surface area contributed by atoms with E-state index in [0.717, 1.165) is 124 Å². The summed E-state index contributed by atoms with van der Waals surface area (Å²) in [4.78, 5) is 17.7. The summed E-state index contributed by atoms with van der Waals surface area (Å²) in [6, 6.07) is 55.8. The zero-order valence-electron chi connectivity index (χ0n) is 60.8. The highest BCUT2D eigenvalue weighted by atomic mass is 79.9. The van der Waals surface area contributed by atoms with Gasteiger partial charge in [0.05, 0.1) is 66.5 Å². The molecule has 0 fully saturated rings. The van der Waals surface area contributed by atoms with Crippen LogP contribution < -0.4 is 38.5 Å². The number of nitrogens with one attached hydrogen (secondary N) is 4. The third-order valence-corrected chi connectivity index (χ3v) is 26.7. The van der Waals surface area contributed by atoms with Crippen LogP contribution in [-0.4, -0.2) is 122 Å². The first-order valence-electron chi connectivity index (χ1n) is 35.3. The lowest BCUT2D eigenvalue weighted by molar-refractivity contribution is -0.191. The number of hydrogen-bond acceptors (Lipinski definition) is 16. The zero-order chi connectivity index (χ0) is 75.2. The van der Waals surface area contributed by atoms with Crippen LogP contribution in [0.1, 0.15) is 159 Å². The molecule has 25 heteroatoms. The van der Waals surface area contributed by atoms with Crippen molar-refractivity contribution in [3.05, 3.63) is 237 Å². The fraction of sp³-hybridized carbons (Fsp3) is 0.380. The first-order chi connectivity index (χ1) is 50.0. The Kier molecular flexibility index (Phi) is 30.4. The van der Waals surface area contributed by atoms with Crippen LogP contribution in [0.5, 0.6) is 0 Å². The number of hydrogen-bond donors (Lipinski definition) is 4. The molecular formula is C79H99BrN8O12S4. The summed E-state index contributed by atoms with van der Waals surface area (Å²) in [7, 11) is -4.44. The molecule has 4 heterocycles. The Morgan fingerprint density at radius 1 is 0.356 bits per heavy atom. The molecule has 4 atom stereocenters. The van der Waals surface area contributed by atoms with E-state index in [1.54, 1.807) is 84.9 Å². The Balaban J connectivity index is 0.000000173. The van der Waals surface area contributed by atoms with Crippen LogP contribution in [0.3, 0.4) is 0 Å². The minimum Gasteiger partial charge on any atom is -0.385 e. The van der Waals surface area contributed by atoms with Crippen LogP contribution in [0.25, 0.3) is 0 Å². The van der Waals surface area contributed by atoms with E-state index < -0.39 is 40.1 Å². The smallest absolute Gasteiger partial charge is 0.373 e. The van der Waals surface area contributed by atoms with Gasteiger partial charge in [-0.3, -0.25) is 17.2 Å². The number of para-hydroxylation sites is 3. The van der Waals surface area contributed by atoms with Gasteiger partial charge >= 0.3 is 6.15 Å². The molecule has 0 amide bonds. The van der Waals surface area contributed by atoms with Gasteiger partial charge in [-0.05, 0) is 170 Å². The maximum atomic E-state index is 13.2. The number of carbonyl (C=O) groups excluding carboxylic acids is 2. The molecule has 0 spiro atoms. The number of unbranched alkanes of at least 4 members (excludes halogenated alkanes) is 7. The largest absolute Gasteiger partial charge is 0.385 e. The standard InChI is InChI=1S/C22H30N2O2S.C19H23BrN2O3S.C19H24N2O2S.C18H22N2O3S.CO2/c1-3-4-5-6-7-12-17-23-22-18-13-8-10-15-20(18)24(2)27(25,26)21-16-11-9-14-19(21)22;1-13-5-7-15-18(11-13)26(23,24)22(2)17-8-6-14(20)12-16(17)19(15)21-9-4-10-25-3;1-3-4-9-14-20-19-15-10-5-7-12-17(15)21(2)24(22,23)18-13-8-6-11-16(18)19;1-20-16-10-5-3-8-14(16)18(19-12-7-13-23-2)15-9-4-6-11-17(15)24(20,21)22;2-1-3/h8-11,13-16,22-23H,3-7,12,17H2,1-2H3;5-8,11-12,19,21H,4,9-10H2,1-3H3;5-8,10-13,19-20H,3-4,9,14H2,1-2H3;3-6,8-11,18-19H,7,12-13H2,1-2H3;. The van der Waals surface area contributed by atoms with Crippen LogP contribution >= 0.6 is 15.9 Å². The summed E-state index contributed by atoms with van der Waals surface area (Å²) in [5.74, 6) is 0. The second-order valence-corrected chi connectivity index (χ2v) is 34.4. The Bertz CT molecular complexity index is 4540. The van der Waals surface area contributed by atoms with Gasteiger partial charge in [0.1, 0.15) is 0 Å². The van der Waals surface area contributed by atoms with Gasteiger partial charge in [0, 0.05) is 60.1 Å². The average molecular weight is 1560 g/mol. The predicted molar refractivity (Wildman–Crippen MR) is 417 cm³/mol. The third kappa shape index (κ3) is 19.1. The quantitative estimate of drug-likeness (QED) is 0.0435. The molecule has 4 aliphatic heterocycles. The predicted octanol–water partition coefficient (Wildman–Crippen LogP) is 14.1. The normalized spacial score (nSPS) is 17.8. The van der Waals surface area contributed by atoms with Crippen molar-refractivity contribution in [2.45, 2.75) is 135 Å². The molecule has 0 aromatic heterocycles. The van der Waals surface area contributed by atoms with Crippen LogP contribution in [0, 0.1) is 6.92 Å². The molecule has 0 bridgehead atoms. The highest BCUT2D eigenvalue weighted by molar-refractivity contribution is 9.10. The summed E-state index contributed by atoms with van der Waals surface area (Å²) < 4.78 is 121. The van der Waals surface area contributed by atoms with E-state index >= 15 is 0 Å². The van der Waals surface area contributed by atoms with Crippen molar-refractivity contribution in [2.24, 2.45) is 0 Å². The van der Waals surface area contributed by atoms with Crippen LogP contribution in [-0.2, 0) is 59.2 Å². The van der Waals surface area contributed by atoms with Gasteiger partial charge in [-0.25, -0.2) is 33.7 Å². The fourth-order valence-corrected chi connectivity index (χ4v) is 19.7. The Morgan fingerprint density at radius 3 is 1.03 bits per heavy atom. The van der Waals surface area contributed by atoms with Gasteiger partial charge in [0.15, 0.2) is 0 Å². The fourth-order valence-electron chi connectivity index (χ4n) is 13.4. The molecule has 4 aliphatic rings. The number of anilines is 4. The molecule has 4 N–H and O–H groups in total. The first kappa shape index (κ1) is 82.0. The van der Waals surface area contributed by atoms with E-state index in [4.69, 9.17) is 19.1 Å². The lowest BCUT2D eigenvalue weighted by Crippen LogP contribution is -2.26. The Labute approximate surface area is 625 Å². The van der Waals surface area contributed by atoms with Crippen LogP contribution in [0.15, 0.2) is 206 Å². The van der Waals surface area contributed by atoms with E-state index in [1.165, 1.54) is 55.7 Å². The zero-order valence-corrected chi connectivity index (χ0v) is 65.7. The minimum atomic E-state index is -3.62. The molecule has 558 valence electrons. The van der Waals surface area contributed by atoms with E-state index in [2.05, 4.69) is 51.0 Å². The first-order valence-corrected chi connectivity index (χ1v) is 41.8. The van der Waals surface area contributed by atoms with Gasteiger partial charge in [-0.15, -0.1) is 0 Å². The molecule has 8 aromatic carbocycles. The molecule has 0 saturated heterocycles. The summed E-state index contributed by atoms with van der Waals surface area (Å²) in [5, 5.41) is 14.2. The van der Waals surface area contributed by atoms with Gasteiger partial charge in [0.2, 0.25) is 0 Å². The van der Waals surface area contributed by atoms with Crippen molar-refractivity contribution >= 4 is 84.9 Å². The third-order valence-electron chi connectivity index (χ3n) is 18.9. The summed E-state index contributed by atoms with van der Waals surface area (Å²) >= 11 is 3.52. The number of benzene rings is 8. The number of methoxy groups -OCH3 is 2. The average Bonchev–Trinajstić information content (AvgIpc) is 1.63. The maximum Gasteiger partial charge on any atom is 0.373 e. The van der Waals surface area contributed by atoms with Gasteiger partial charge < -0.3 is 30.7 Å². The molecule has 20 nitrogen and oxygen atoms in total. The molecule has 104 heavy (non-hydrogen) atoms. The van der Waals surface area contributed by atoms with Crippen molar-refractivity contribution in [1.29, 1.82) is 0 Å². The number of ether oxygens (including phenoxy) is 2. The number of sulfonamides is 4. The molecule has 4 unspecified atom stereocenters. The highest BCUT2D eigenvalue weighted by Gasteiger charge is 2.39. The monoisotopic (exact) mass is 1560 g/mol. The van der Waals surface area contributed by atoms with Crippen LogP contribution in [0.4, 0.5) is 22.7 Å². The second kappa shape index (κ2) is 38.6. The molecule has 0 radical (unpaired) electrons. The van der Waals surface area contributed by atoms with Gasteiger partial charge in [0.25, 0.3) is 40.1 Å². The Hall–Kier alpha value is -7.62. The van der Waals surface area contributed by atoms with Crippen molar-refractivity contribution in [3.63, 3.8) is 0 Å². The van der Waals surface area contributed by atoms with E-state index in [1.807, 2.05) is 146 Å². The van der Waals surface area contributed by atoms with Crippen molar-refractivity contribution < 1.29 is 52.7 Å². The van der Waals surface area contributed by atoms with Crippen molar-refractivity contribution in [2.75, 3.05) is 99.0 Å². The van der Waals surface area contributed by atoms with Gasteiger partial charge in [-0.2, -0.15) is 9.59 Å². The SMILES string of the molecule is CCCCCCCCNC1c2ccccc2N(C)S(=O)(=O)c2ccccc21.CCCCCNC1c2ccccc2N(C)S(=O)(=O)c2ccccc21.COCCCNC1c2cc(Br)ccc2N(C)S(=O)(=O)c2cc(C)ccc21.COCCCNC1c2ccccc2N(C)S(=O)(=O)c2ccccc21.O=C=O. The van der Waals surface area contributed by atoms with E-state index in [-0.39, 0.29) is 30.3 Å². The molecule has 0 aliphatic carbocycles. The number of rotatable bonds is 23. The van der Waals surface area contributed by atoms with Gasteiger partial charge in [-0.1, -0.05) is 196 Å². The lowest BCUT2D eigenvalue weighted by atomic mass is 9.96. The van der Waals surface area contributed by atoms with Crippen molar-refractivity contribution in [1.82, 2.24) is 21.3 Å². The Morgan fingerprint density at radius 2 is 0.644 bits per heavy atom. The second-order valence-electron chi connectivity index (χ2n) is 25.7. The number of halogens is 1. The van der Waals surface area contributed by atoms with E-state index in [9.17, 15) is 33.7 Å². The number of nitrogens with zero attached hydrogens (tertiary/aromatic N) is 4. The number of aryl methyl sites for hydroxylation is 1. The van der Waals surface area contributed by atoms with Crippen LogP contribution in [0.2, 0.25) is 0 Å². The van der Waals surface area contributed by atoms with E-state index in [0.29, 0.717) is 44.2 Å². The lowest BCUT2D eigenvalue weighted by Gasteiger charge is -2.22. The summed E-state index contributed by atoms with van der Waals surface area (Å²) in [5.41, 5.74) is 10.9. The molecule has 12 rings (SSSR count). The summed E-state index contributed by atoms with van der Waals surface area (Å²) in [6.07, 6.45) is 12.8. The highest BCUT2D eigenvalue weighted by Crippen LogP contribution is 2.45.